The minimum Gasteiger partial charge on any atom is -0.322 e. The number of aryl methyl sites for hydroxylation is 1. The van der Waals surface area contributed by atoms with E-state index in [1.807, 2.05) is 12.1 Å². The Labute approximate surface area is 189 Å². The van der Waals surface area contributed by atoms with E-state index in [0.717, 1.165) is 29.7 Å². The first kappa shape index (κ1) is 20.5. The van der Waals surface area contributed by atoms with Crippen LogP contribution in [0.5, 0.6) is 0 Å². The molecular formula is C23H21ClN4O4. The molecule has 9 heteroatoms. The third-order valence-corrected chi connectivity index (χ3v) is 6.49. The zero-order chi connectivity index (χ0) is 22.4. The van der Waals surface area contributed by atoms with Crippen LogP contribution >= 0.6 is 11.6 Å². The van der Waals surface area contributed by atoms with Crippen LogP contribution in [0.3, 0.4) is 0 Å². The summed E-state index contributed by atoms with van der Waals surface area (Å²) < 4.78 is 0. The first-order valence-corrected chi connectivity index (χ1v) is 10.9. The highest BCUT2D eigenvalue weighted by Gasteiger charge is 2.39. The molecule has 1 saturated heterocycles. The van der Waals surface area contributed by atoms with Gasteiger partial charge in [-0.05, 0) is 54.7 Å². The molecule has 0 radical (unpaired) electrons. The van der Waals surface area contributed by atoms with Crippen LogP contribution < -0.4 is 15.5 Å². The summed E-state index contributed by atoms with van der Waals surface area (Å²) in [4.78, 5) is 52.6. The lowest BCUT2D eigenvalue weighted by Crippen LogP contribution is -2.52. The molecule has 8 nitrogen and oxygen atoms in total. The van der Waals surface area contributed by atoms with Crippen LogP contribution in [0, 0.1) is 0 Å². The average Bonchev–Trinajstić information content (AvgIpc) is 3.09. The van der Waals surface area contributed by atoms with Gasteiger partial charge in [0, 0.05) is 30.8 Å². The predicted molar refractivity (Wildman–Crippen MR) is 119 cm³/mol. The van der Waals surface area contributed by atoms with Crippen LogP contribution in [0.15, 0.2) is 36.4 Å². The fourth-order valence-electron chi connectivity index (χ4n) is 4.65. The Morgan fingerprint density at radius 1 is 1.09 bits per heavy atom. The molecule has 32 heavy (non-hydrogen) atoms. The van der Waals surface area contributed by atoms with Crippen LogP contribution in [0.4, 0.5) is 16.2 Å². The highest BCUT2D eigenvalue weighted by atomic mass is 35.5. The Hall–Kier alpha value is -3.39. The fraction of sp³-hybridized carbons (Fsp3) is 0.304. The summed E-state index contributed by atoms with van der Waals surface area (Å²) in [7, 11) is 0. The van der Waals surface area contributed by atoms with Gasteiger partial charge in [-0.2, -0.15) is 0 Å². The second-order valence-corrected chi connectivity index (χ2v) is 8.61. The van der Waals surface area contributed by atoms with Gasteiger partial charge >= 0.3 is 6.03 Å². The number of hydrogen-bond acceptors (Lipinski definition) is 4. The minimum absolute atomic E-state index is 0.206. The number of carbonyl (C=O) groups is 4. The SMILES string of the molecule is O=C1CCC(N2Cc3cc(NC(=O)N4CCCc5cccc(Cl)c54)ccc3C2=O)C(=O)N1. The Morgan fingerprint density at radius 3 is 2.75 bits per heavy atom. The molecular weight excluding hydrogens is 432 g/mol. The lowest BCUT2D eigenvalue weighted by Gasteiger charge is -2.30. The first-order chi connectivity index (χ1) is 15.4. The van der Waals surface area contributed by atoms with Crippen molar-refractivity contribution < 1.29 is 19.2 Å². The molecule has 5 amide bonds. The van der Waals surface area contributed by atoms with E-state index in [-0.39, 0.29) is 30.8 Å². The second kappa shape index (κ2) is 7.94. The van der Waals surface area contributed by atoms with Crippen LogP contribution in [0.2, 0.25) is 5.02 Å². The van der Waals surface area contributed by atoms with E-state index in [2.05, 4.69) is 10.6 Å². The third kappa shape index (κ3) is 3.50. The summed E-state index contributed by atoms with van der Waals surface area (Å²) in [6.07, 6.45) is 2.23. The molecule has 0 saturated carbocycles. The zero-order valence-corrected chi connectivity index (χ0v) is 17.9. The van der Waals surface area contributed by atoms with E-state index in [9.17, 15) is 19.2 Å². The number of nitrogens with zero attached hydrogens (tertiary/aromatic N) is 2. The normalized spacial score (nSPS) is 20.0. The van der Waals surface area contributed by atoms with Gasteiger partial charge in [-0.25, -0.2) is 4.79 Å². The largest absolute Gasteiger partial charge is 0.326 e. The van der Waals surface area contributed by atoms with Crippen molar-refractivity contribution in [2.75, 3.05) is 16.8 Å². The molecule has 1 atom stereocenters. The highest BCUT2D eigenvalue weighted by Crippen LogP contribution is 2.35. The highest BCUT2D eigenvalue weighted by molar-refractivity contribution is 6.34. The third-order valence-electron chi connectivity index (χ3n) is 6.19. The summed E-state index contributed by atoms with van der Waals surface area (Å²) in [5.74, 6) is -1.01. The van der Waals surface area contributed by atoms with Crippen molar-refractivity contribution in [2.24, 2.45) is 0 Å². The second-order valence-electron chi connectivity index (χ2n) is 8.20. The molecule has 0 spiro atoms. The number of piperidine rings is 1. The first-order valence-electron chi connectivity index (χ1n) is 10.6. The smallest absolute Gasteiger partial charge is 0.322 e. The molecule has 1 fully saturated rings. The number of amides is 5. The number of fused-ring (bicyclic) bond motifs is 2. The molecule has 2 aromatic rings. The van der Waals surface area contributed by atoms with E-state index in [1.54, 1.807) is 29.2 Å². The van der Waals surface area contributed by atoms with E-state index < -0.39 is 11.9 Å². The number of carbonyl (C=O) groups excluding carboxylic acids is 4. The van der Waals surface area contributed by atoms with E-state index in [4.69, 9.17) is 11.6 Å². The van der Waals surface area contributed by atoms with Crippen LogP contribution in [0.25, 0.3) is 0 Å². The van der Waals surface area contributed by atoms with Crippen molar-refractivity contribution in [3.8, 4) is 0 Å². The predicted octanol–water partition coefficient (Wildman–Crippen LogP) is 3.09. The molecule has 5 rings (SSSR count). The molecule has 0 bridgehead atoms. The lowest BCUT2D eigenvalue weighted by molar-refractivity contribution is -0.136. The van der Waals surface area contributed by atoms with Gasteiger partial charge < -0.3 is 10.2 Å². The van der Waals surface area contributed by atoms with Crippen molar-refractivity contribution in [1.29, 1.82) is 0 Å². The van der Waals surface area contributed by atoms with E-state index in [0.29, 0.717) is 29.2 Å². The maximum atomic E-state index is 13.0. The standard InChI is InChI=1S/C23H21ClN4O4/c24-17-5-1-3-13-4-2-10-27(20(13)17)23(32)25-15-6-7-16-14(11-15)12-28(22(16)31)18-8-9-19(29)26-21(18)30/h1,3,5-7,11,18H,2,4,8-10,12H2,(H,25,32)(H,26,29,30). The quantitative estimate of drug-likeness (QED) is 0.684. The monoisotopic (exact) mass is 452 g/mol. The van der Waals surface area contributed by atoms with Crippen molar-refractivity contribution in [3.05, 3.63) is 58.1 Å². The lowest BCUT2D eigenvalue weighted by atomic mass is 10.0. The summed E-state index contributed by atoms with van der Waals surface area (Å²) in [6.45, 7) is 0.817. The summed E-state index contributed by atoms with van der Waals surface area (Å²) in [5, 5.41) is 5.74. The Bertz CT molecular complexity index is 1160. The number of imide groups is 1. The summed E-state index contributed by atoms with van der Waals surface area (Å²) in [6, 6.07) is 9.78. The molecule has 3 aliphatic heterocycles. The number of anilines is 2. The van der Waals surface area contributed by atoms with Crippen molar-refractivity contribution in [3.63, 3.8) is 0 Å². The van der Waals surface area contributed by atoms with E-state index in [1.165, 1.54) is 4.90 Å². The average molecular weight is 453 g/mol. The topological polar surface area (TPSA) is 98.8 Å². The molecule has 164 valence electrons. The number of halogens is 1. The fourth-order valence-corrected chi connectivity index (χ4v) is 4.95. The molecule has 3 heterocycles. The van der Waals surface area contributed by atoms with Gasteiger partial charge in [0.15, 0.2) is 0 Å². The molecule has 1 unspecified atom stereocenters. The van der Waals surface area contributed by atoms with Crippen molar-refractivity contribution >= 4 is 46.7 Å². The van der Waals surface area contributed by atoms with Gasteiger partial charge in [0.05, 0.1) is 10.7 Å². The summed E-state index contributed by atoms with van der Waals surface area (Å²) in [5.41, 5.74) is 3.57. The zero-order valence-electron chi connectivity index (χ0n) is 17.2. The Balaban J connectivity index is 1.34. The number of rotatable bonds is 2. The van der Waals surface area contributed by atoms with Gasteiger partial charge in [-0.3, -0.25) is 24.6 Å². The number of urea groups is 1. The number of nitrogens with one attached hydrogen (secondary N) is 2. The van der Waals surface area contributed by atoms with Crippen LogP contribution in [-0.4, -0.2) is 41.2 Å². The van der Waals surface area contributed by atoms with Gasteiger partial charge in [0.25, 0.3) is 5.91 Å². The minimum atomic E-state index is -0.669. The number of para-hydroxylation sites is 1. The molecule has 3 aliphatic rings. The molecule has 2 aromatic carbocycles. The number of benzene rings is 2. The Kier molecular flexibility index (Phi) is 5.09. The molecule has 0 aliphatic carbocycles. The maximum absolute atomic E-state index is 13.0. The van der Waals surface area contributed by atoms with Gasteiger partial charge in [0.2, 0.25) is 11.8 Å². The van der Waals surface area contributed by atoms with E-state index >= 15 is 0 Å². The van der Waals surface area contributed by atoms with Crippen molar-refractivity contribution in [1.82, 2.24) is 10.2 Å². The van der Waals surface area contributed by atoms with Crippen molar-refractivity contribution in [2.45, 2.75) is 38.3 Å². The van der Waals surface area contributed by atoms with Gasteiger partial charge in [-0.1, -0.05) is 23.7 Å². The number of hydrogen-bond donors (Lipinski definition) is 2. The molecule has 2 N–H and O–H groups in total. The Morgan fingerprint density at radius 2 is 1.94 bits per heavy atom. The van der Waals surface area contributed by atoms with Gasteiger partial charge in [-0.15, -0.1) is 0 Å². The summed E-state index contributed by atoms with van der Waals surface area (Å²) >= 11 is 6.37. The van der Waals surface area contributed by atoms with Crippen LogP contribution in [0.1, 0.15) is 40.7 Å². The van der Waals surface area contributed by atoms with Crippen LogP contribution in [-0.2, 0) is 22.6 Å². The maximum Gasteiger partial charge on any atom is 0.326 e. The molecule has 0 aromatic heterocycles. The van der Waals surface area contributed by atoms with Gasteiger partial charge in [0.1, 0.15) is 6.04 Å².